The van der Waals surface area contributed by atoms with Gasteiger partial charge in [-0.3, -0.25) is 0 Å². The van der Waals surface area contributed by atoms with Crippen LogP contribution in [-0.2, 0) is 5.33 Å². The molecule has 3 nitrogen and oxygen atoms in total. The molecule has 0 amide bonds. The highest BCUT2D eigenvalue weighted by molar-refractivity contribution is 9.10. The first-order chi connectivity index (χ1) is 10.3. The van der Waals surface area contributed by atoms with Crippen LogP contribution in [-0.4, -0.2) is 20.3 Å². The highest BCUT2D eigenvalue weighted by atomic mass is 79.9. The molecule has 0 aliphatic rings. The standard InChI is InChI=1S/C16H16Br2O3/c1-19-14-7-2-3-8-15(14)20-9-10-21-16-12(11-17)5-4-6-13(16)18/h2-8H,9-11H2,1H3. The van der Waals surface area contributed by atoms with Crippen molar-refractivity contribution in [1.82, 2.24) is 0 Å². The Balaban J connectivity index is 1.91. The maximum absolute atomic E-state index is 5.81. The maximum Gasteiger partial charge on any atom is 0.161 e. The van der Waals surface area contributed by atoms with Crippen molar-refractivity contribution in [2.24, 2.45) is 0 Å². The molecule has 0 fully saturated rings. The fraction of sp³-hybridized carbons (Fsp3) is 0.250. The topological polar surface area (TPSA) is 27.7 Å². The van der Waals surface area contributed by atoms with Gasteiger partial charge in [0.1, 0.15) is 19.0 Å². The molecular formula is C16H16Br2O3. The van der Waals surface area contributed by atoms with Crippen LogP contribution in [0.4, 0.5) is 0 Å². The van der Waals surface area contributed by atoms with E-state index in [-0.39, 0.29) is 0 Å². The van der Waals surface area contributed by atoms with Gasteiger partial charge in [-0.05, 0) is 34.1 Å². The molecular weight excluding hydrogens is 400 g/mol. The fourth-order valence-electron chi connectivity index (χ4n) is 1.85. The van der Waals surface area contributed by atoms with Crippen LogP contribution < -0.4 is 14.2 Å². The SMILES string of the molecule is COc1ccccc1OCCOc1c(Br)cccc1CBr. The van der Waals surface area contributed by atoms with E-state index in [1.807, 2.05) is 42.5 Å². The van der Waals surface area contributed by atoms with Gasteiger partial charge in [0.15, 0.2) is 11.5 Å². The first kappa shape index (κ1) is 16.2. The summed E-state index contributed by atoms with van der Waals surface area (Å²) in [5.41, 5.74) is 1.10. The van der Waals surface area contributed by atoms with Crippen LogP contribution in [0.25, 0.3) is 0 Å². The summed E-state index contributed by atoms with van der Waals surface area (Å²) in [7, 11) is 1.63. The first-order valence-corrected chi connectivity index (χ1v) is 8.39. The van der Waals surface area contributed by atoms with Gasteiger partial charge in [0.25, 0.3) is 0 Å². The Morgan fingerprint density at radius 2 is 1.62 bits per heavy atom. The first-order valence-electron chi connectivity index (χ1n) is 6.48. The smallest absolute Gasteiger partial charge is 0.161 e. The second kappa shape index (κ2) is 8.29. The van der Waals surface area contributed by atoms with Gasteiger partial charge in [-0.15, -0.1) is 0 Å². The molecule has 0 aliphatic carbocycles. The lowest BCUT2D eigenvalue weighted by Crippen LogP contribution is -2.10. The van der Waals surface area contributed by atoms with E-state index in [4.69, 9.17) is 14.2 Å². The third-order valence-corrected chi connectivity index (χ3v) is 4.08. The van der Waals surface area contributed by atoms with Gasteiger partial charge in [-0.2, -0.15) is 0 Å². The van der Waals surface area contributed by atoms with Gasteiger partial charge in [0.2, 0.25) is 0 Å². The van der Waals surface area contributed by atoms with E-state index in [9.17, 15) is 0 Å². The molecule has 2 aromatic rings. The maximum atomic E-state index is 5.81. The Hall–Kier alpha value is -1.20. The number of alkyl halides is 1. The fourth-order valence-corrected chi connectivity index (χ4v) is 2.82. The molecule has 0 heterocycles. The monoisotopic (exact) mass is 414 g/mol. The molecule has 2 rings (SSSR count). The molecule has 5 heteroatoms. The van der Waals surface area contributed by atoms with E-state index in [0.29, 0.717) is 13.2 Å². The van der Waals surface area contributed by atoms with Crippen LogP contribution in [0.5, 0.6) is 17.2 Å². The molecule has 0 atom stereocenters. The number of hydrogen-bond acceptors (Lipinski definition) is 3. The van der Waals surface area contributed by atoms with E-state index in [0.717, 1.165) is 32.6 Å². The van der Waals surface area contributed by atoms with Gasteiger partial charge in [-0.25, -0.2) is 0 Å². The predicted octanol–water partition coefficient (Wildman–Crippen LogP) is 4.81. The number of rotatable bonds is 7. The van der Waals surface area contributed by atoms with E-state index in [2.05, 4.69) is 31.9 Å². The zero-order valence-corrected chi connectivity index (χ0v) is 14.8. The molecule has 0 bridgehead atoms. The average molecular weight is 416 g/mol. The van der Waals surface area contributed by atoms with Crippen molar-refractivity contribution >= 4 is 31.9 Å². The third kappa shape index (κ3) is 4.38. The Morgan fingerprint density at radius 1 is 0.905 bits per heavy atom. The Labute approximate surface area is 141 Å². The molecule has 0 N–H and O–H groups in total. The zero-order valence-electron chi connectivity index (χ0n) is 11.6. The van der Waals surface area contributed by atoms with Gasteiger partial charge in [-0.1, -0.05) is 40.2 Å². The minimum atomic E-state index is 0.448. The Bertz CT molecular complexity index is 587. The number of methoxy groups -OCH3 is 1. The summed E-state index contributed by atoms with van der Waals surface area (Å²) >= 11 is 6.96. The summed E-state index contributed by atoms with van der Waals surface area (Å²) in [6.07, 6.45) is 0. The van der Waals surface area contributed by atoms with Crippen LogP contribution in [0.2, 0.25) is 0 Å². The van der Waals surface area contributed by atoms with Crippen molar-refractivity contribution in [2.45, 2.75) is 5.33 Å². The Morgan fingerprint density at radius 3 is 2.33 bits per heavy atom. The molecule has 0 spiro atoms. The van der Waals surface area contributed by atoms with Crippen molar-refractivity contribution in [2.75, 3.05) is 20.3 Å². The molecule has 112 valence electrons. The van der Waals surface area contributed by atoms with Crippen molar-refractivity contribution < 1.29 is 14.2 Å². The lowest BCUT2D eigenvalue weighted by Gasteiger charge is -2.13. The number of benzene rings is 2. The van der Waals surface area contributed by atoms with Crippen molar-refractivity contribution in [3.05, 3.63) is 52.5 Å². The summed E-state index contributed by atoms with van der Waals surface area (Å²) in [5, 5.41) is 0.745. The molecule has 0 aliphatic heterocycles. The summed E-state index contributed by atoms with van der Waals surface area (Å²) < 4.78 is 17.7. The molecule has 0 radical (unpaired) electrons. The van der Waals surface area contributed by atoms with Crippen molar-refractivity contribution in [3.8, 4) is 17.2 Å². The van der Waals surface area contributed by atoms with Gasteiger partial charge < -0.3 is 14.2 Å². The van der Waals surface area contributed by atoms with Gasteiger partial charge in [0.05, 0.1) is 11.6 Å². The zero-order chi connectivity index (χ0) is 15.1. The van der Waals surface area contributed by atoms with Crippen molar-refractivity contribution in [1.29, 1.82) is 0 Å². The minimum absolute atomic E-state index is 0.448. The second-order valence-corrected chi connectivity index (χ2v) is 5.62. The lowest BCUT2D eigenvalue weighted by atomic mass is 10.2. The number of hydrogen-bond donors (Lipinski definition) is 0. The quantitative estimate of drug-likeness (QED) is 0.479. The second-order valence-electron chi connectivity index (χ2n) is 4.21. The number of ether oxygens (including phenoxy) is 3. The highest BCUT2D eigenvalue weighted by Gasteiger charge is 2.07. The van der Waals surface area contributed by atoms with E-state index in [1.54, 1.807) is 7.11 Å². The molecule has 0 saturated heterocycles. The average Bonchev–Trinajstić information content (AvgIpc) is 2.52. The number of halogens is 2. The lowest BCUT2D eigenvalue weighted by molar-refractivity contribution is 0.210. The van der Waals surface area contributed by atoms with Crippen LogP contribution in [0.3, 0.4) is 0 Å². The van der Waals surface area contributed by atoms with E-state index in [1.165, 1.54) is 0 Å². The van der Waals surface area contributed by atoms with E-state index < -0.39 is 0 Å². The van der Waals surface area contributed by atoms with Gasteiger partial charge >= 0.3 is 0 Å². The summed E-state index contributed by atoms with van der Waals surface area (Å²) in [5.74, 6) is 2.29. The normalized spacial score (nSPS) is 10.2. The third-order valence-electron chi connectivity index (χ3n) is 2.85. The molecule has 0 saturated carbocycles. The van der Waals surface area contributed by atoms with Crippen LogP contribution in [0.1, 0.15) is 5.56 Å². The van der Waals surface area contributed by atoms with E-state index >= 15 is 0 Å². The summed E-state index contributed by atoms with van der Waals surface area (Å²) in [4.78, 5) is 0. The number of para-hydroxylation sites is 3. The molecule has 0 unspecified atom stereocenters. The Kier molecular flexibility index (Phi) is 6.39. The van der Waals surface area contributed by atoms with Crippen LogP contribution in [0.15, 0.2) is 46.9 Å². The van der Waals surface area contributed by atoms with Gasteiger partial charge in [0, 0.05) is 10.9 Å². The highest BCUT2D eigenvalue weighted by Crippen LogP contribution is 2.30. The van der Waals surface area contributed by atoms with Crippen LogP contribution >= 0.6 is 31.9 Å². The largest absolute Gasteiger partial charge is 0.493 e. The summed E-state index contributed by atoms with van der Waals surface area (Å²) in [6, 6.07) is 13.5. The molecule has 0 aromatic heterocycles. The molecule has 2 aromatic carbocycles. The van der Waals surface area contributed by atoms with Crippen molar-refractivity contribution in [3.63, 3.8) is 0 Å². The minimum Gasteiger partial charge on any atom is -0.493 e. The van der Waals surface area contributed by atoms with Crippen LogP contribution in [0, 0.1) is 0 Å². The summed E-state index contributed by atoms with van der Waals surface area (Å²) in [6.45, 7) is 0.907. The molecule has 21 heavy (non-hydrogen) atoms. The predicted molar refractivity (Wildman–Crippen MR) is 90.8 cm³/mol.